The molecule has 1 aromatic heterocycles. The number of anilines is 2. The van der Waals surface area contributed by atoms with Crippen LogP contribution in [-0.4, -0.2) is 22.3 Å². The fraction of sp³-hybridized carbons (Fsp3) is 0.400. The summed E-state index contributed by atoms with van der Waals surface area (Å²) >= 11 is 6.79. The van der Waals surface area contributed by atoms with Gasteiger partial charge in [0.05, 0.1) is 11.4 Å². The number of halogens is 2. The predicted octanol–water partition coefficient (Wildman–Crippen LogP) is 2.23. The smallest absolute Gasteiger partial charge is 0.229 e. The summed E-state index contributed by atoms with van der Waals surface area (Å²) in [7, 11) is 0. The average molecular weight is 349 g/mol. The van der Waals surface area contributed by atoms with E-state index in [1.165, 1.54) is 0 Å². The van der Waals surface area contributed by atoms with Gasteiger partial charge in [0.25, 0.3) is 0 Å². The molecule has 0 aliphatic carbocycles. The van der Waals surface area contributed by atoms with E-state index < -0.39 is 0 Å². The fourth-order valence-electron chi connectivity index (χ4n) is 1.67. The van der Waals surface area contributed by atoms with Crippen molar-refractivity contribution in [2.75, 3.05) is 17.2 Å². The third-order valence-corrected chi connectivity index (χ3v) is 3.91. The van der Waals surface area contributed by atoms with Crippen molar-refractivity contribution in [1.82, 2.24) is 4.98 Å². The highest BCUT2D eigenvalue weighted by molar-refractivity contribution is 9.10. The lowest BCUT2D eigenvalue weighted by atomic mass is 10.3. The van der Waals surface area contributed by atoms with Crippen LogP contribution in [0.25, 0.3) is 0 Å². The van der Waals surface area contributed by atoms with Crippen LogP contribution in [0.4, 0.5) is 11.5 Å². The molecule has 1 saturated heterocycles. The third kappa shape index (κ3) is 2.08. The van der Waals surface area contributed by atoms with Gasteiger partial charge in [-0.3, -0.25) is 9.69 Å². The van der Waals surface area contributed by atoms with Gasteiger partial charge in [0.2, 0.25) is 5.91 Å². The number of nitrogen functional groups attached to an aromatic ring is 1. The molecule has 1 amide bonds. The molecule has 0 saturated carbocycles. The summed E-state index contributed by atoms with van der Waals surface area (Å²) in [4.78, 5) is 17.9. The zero-order valence-electron chi connectivity index (χ0n) is 8.70. The number of alkyl halides is 1. The van der Waals surface area contributed by atoms with Crippen LogP contribution in [0.2, 0.25) is 0 Å². The van der Waals surface area contributed by atoms with Crippen molar-refractivity contribution in [3.63, 3.8) is 0 Å². The lowest BCUT2D eigenvalue weighted by Gasteiger charge is -2.17. The van der Waals surface area contributed by atoms with Gasteiger partial charge in [-0.15, -0.1) is 0 Å². The summed E-state index contributed by atoms with van der Waals surface area (Å²) in [5.74, 6) is 0.621. The molecule has 6 heteroatoms. The summed E-state index contributed by atoms with van der Waals surface area (Å²) in [6, 6.07) is 1.78. The molecule has 4 nitrogen and oxygen atoms in total. The SMILES string of the molecule is Cc1nc(N2CC(Br)CC2=O)c(N)cc1Br. The van der Waals surface area contributed by atoms with Gasteiger partial charge >= 0.3 is 0 Å². The highest BCUT2D eigenvalue weighted by Crippen LogP contribution is 2.30. The number of aryl methyl sites for hydroxylation is 1. The summed E-state index contributed by atoms with van der Waals surface area (Å²) in [5, 5.41) is 0. The maximum atomic E-state index is 11.7. The highest BCUT2D eigenvalue weighted by atomic mass is 79.9. The van der Waals surface area contributed by atoms with Crippen molar-refractivity contribution in [2.24, 2.45) is 0 Å². The van der Waals surface area contributed by atoms with Gasteiger partial charge in [0.15, 0.2) is 5.82 Å². The Bertz CT molecular complexity index is 450. The Morgan fingerprint density at radius 2 is 2.31 bits per heavy atom. The molecule has 16 heavy (non-hydrogen) atoms. The second-order valence-electron chi connectivity index (χ2n) is 3.77. The van der Waals surface area contributed by atoms with E-state index in [1.807, 2.05) is 6.92 Å². The Morgan fingerprint density at radius 3 is 2.88 bits per heavy atom. The maximum Gasteiger partial charge on any atom is 0.229 e. The van der Waals surface area contributed by atoms with E-state index in [2.05, 4.69) is 36.8 Å². The lowest BCUT2D eigenvalue weighted by molar-refractivity contribution is -0.117. The van der Waals surface area contributed by atoms with Crippen molar-refractivity contribution in [3.8, 4) is 0 Å². The highest BCUT2D eigenvalue weighted by Gasteiger charge is 2.31. The molecule has 1 unspecified atom stereocenters. The van der Waals surface area contributed by atoms with E-state index in [9.17, 15) is 4.79 Å². The van der Waals surface area contributed by atoms with Crippen molar-refractivity contribution < 1.29 is 4.79 Å². The second-order valence-corrected chi connectivity index (χ2v) is 5.92. The van der Waals surface area contributed by atoms with Crippen molar-refractivity contribution in [3.05, 3.63) is 16.2 Å². The molecule has 1 aliphatic rings. The molecule has 0 radical (unpaired) electrons. The molecule has 1 atom stereocenters. The van der Waals surface area contributed by atoms with Crippen molar-refractivity contribution in [1.29, 1.82) is 0 Å². The van der Waals surface area contributed by atoms with Gasteiger partial charge in [0, 0.05) is 22.3 Å². The van der Waals surface area contributed by atoms with Crippen LogP contribution >= 0.6 is 31.9 Å². The van der Waals surface area contributed by atoms with E-state index in [4.69, 9.17) is 5.73 Å². The normalized spacial score (nSPS) is 20.6. The van der Waals surface area contributed by atoms with Gasteiger partial charge < -0.3 is 5.73 Å². The van der Waals surface area contributed by atoms with Crippen LogP contribution < -0.4 is 10.6 Å². The van der Waals surface area contributed by atoms with Crippen molar-refractivity contribution in [2.45, 2.75) is 18.2 Å². The van der Waals surface area contributed by atoms with Gasteiger partial charge in [-0.25, -0.2) is 4.98 Å². The molecule has 2 heterocycles. The fourth-order valence-corrected chi connectivity index (χ4v) is 2.57. The summed E-state index contributed by atoms with van der Waals surface area (Å²) in [6.45, 7) is 2.50. The molecule has 1 aromatic rings. The quantitative estimate of drug-likeness (QED) is 0.792. The number of pyridine rings is 1. The molecule has 1 fully saturated rings. The Morgan fingerprint density at radius 1 is 1.62 bits per heavy atom. The Kier molecular flexibility index (Phi) is 3.21. The zero-order chi connectivity index (χ0) is 11.9. The number of nitrogens with two attached hydrogens (primary N) is 1. The van der Waals surface area contributed by atoms with Gasteiger partial charge in [-0.1, -0.05) is 15.9 Å². The van der Waals surface area contributed by atoms with E-state index in [1.54, 1.807) is 11.0 Å². The second kappa shape index (κ2) is 4.33. The number of aromatic nitrogens is 1. The molecular weight excluding hydrogens is 338 g/mol. The van der Waals surface area contributed by atoms with Gasteiger partial charge in [0.1, 0.15) is 0 Å². The molecule has 1 aliphatic heterocycles. The number of hydrogen-bond donors (Lipinski definition) is 1. The Balaban J connectivity index is 2.41. The van der Waals surface area contributed by atoms with E-state index in [0.29, 0.717) is 24.5 Å². The molecule has 86 valence electrons. The molecule has 0 bridgehead atoms. The number of carbonyl (C=O) groups is 1. The standard InChI is InChI=1S/C10H11Br2N3O/c1-5-7(12)3-8(13)10(14-5)15-4-6(11)2-9(15)16/h3,6H,2,4,13H2,1H3. The Labute approximate surface area is 110 Å². The molecular formula is C10H11Br2N3O. The monoisotopic (exact) mass is 347 g/mol. The maximum absolute atomic E-state index is 11.7. The van der Waals surface area contributed by atoms with Crippen LogP contribution in [0.5, 0.6) is 0 Å². The number of carbonyl (C=O) groups excluding carboxylic acids is 1. The number of rotatable bonds is 1. The minimum Gasteiger partial charge on any atom is -0.396 e. The first-order valence-corrected chi connectivity index (χ1v) is 6.57. The minimum absolute atomic E-state index is 0.0581. The molecule has 0 spiro atoms. The van der Waals surface area contributed by atoms with Crippen LogP contribution in [0.15, 0.2) is 10.5 Å². The van der Waals surface area contributed by atoms with Gasteiger partial charge in [-0.05, 0) is 28.9 Å². The number of hydrogen-bond acceptors (Lipinski definition) is 3. The van der Waals surface area contributed by atoms with Crippen LogP contribution in [0.3, 0.4) is 0 Å². The third-order valence-electron chi connectivity index (χ3n) is 2.49. The largest absolute Gasteiger partial charge is 0.396 e. The van der Waals surface area contributed by atoms with E-state index in [0.717, 1.165) is 10.2 Å². The predicted molar refractivity (Wildman–Crippen MR) is 70.8 cm³/mol. The first kappa shape index (κ1) is 11.9. The van der Waals surface area contributed by atoms with Crippen molar-refractivity contribution >= 4 is 49.3 Å². The molecule has 0 aromatic carbocycles. The average Bonchev–Trinajstić information content (AvgIpc) is 2.51. The summed E-state index contributed by atoms with van der Waals surface area (Å²) in [5.41, 5.74) is 7.23. The van der Waals surface area contributed by atoms with Gasteiger partial charge in [-0.2, -0.15) is 0 Å². The summed E-state index contributed by atoms with van der Waals surface area (Å²) < 4.78 is 0.857. The number of nitrogens with zero attached hydrogens (tertiary/aromatic N) is 2. The van der Waals surface area contributed by atoms with Crippen LogP contribution in [-0.2, 0) is 4.79 Å². The lowest BCUT2D eigenvalue weighted by Crippen LogP contribution is -2.26. The summed E-state index contributed by atoms with van der Waals surface area (Å²) in [6.07, 6.45) is 0.496. The first-order valence-electron chi connectivity index (χ1n) is 4.86. The zero-order valence-corrected chi connectivity index (χ0v) is 11.9. The van der Waals surface area contributed by atoms with E-state index >= 15 is 0 Å². The molecule has 2 N–H and O–H groups in total. The molecule has 2 rings (SSSR count). The minimum atomic E-state index is 0.0581. The number of amides is 1. The Hall–Kier alpha value is -0.620. The van der Waals surface area contributed by atoms with E-state index in [-0.39, 0.29) is 10.7 Å². The first-order chi connectivity index (χ1) is 7.49. The van der Waals surface area contributed by atoms with Crippen LogP contribution in [0.1, 0.15) is 12.1 Å². The topological polar surface area (TPSA) is 59.2 Å². The van der Waals surface area contributed by atoms with Crippen LogP contribution in [0, 0.1) is 6.92 Å².